The fourth-order valence-corrected chi connectivity index (χ4v) is 4.37. The van der Waals surface area contributed by atoms with E-state index in [-0.39, 0.29) is 5.57 Å². The fourth-order valence-electron chi connectivity index (χ4n) is 3.12. The number of imide groups is 2. The number of esters is 1. The molecule has 0 saturated carbocycles. The predicted octanol–water partition coefficient (Wildman–Crippen LogP) is 2.31. The first-order chi connectivity index (χ1) is 13.1. The number of barbiturate groups is 1. The molecule has 1 fully saturated rings. The van der Waals surface area contributed by atoms with Gasteiger partial charge in [0.2, 0.25) is 0 Å². The van der Waals surface area contributed by atoms with Crippen molar-refractivity contribution < 1.29 is 23.9 Å². The van der Waals surface area contributed by atoms with Crippen molar-refractivity contribution in [1.29, 1.82) is 0 Å². The molecular formula is C19H19N3O5S. The van der Waals surface area contributed by atoms with Gasteiger partial charge in [0.15, 0.2) is 0 Å². The third-order valence-corrected chi connectivity index (χ3v) is 5.87. The molecule has 8 nitrogen and oxygen atoms in total. The van der Waals surface area contributed by atoms with Crippen LogP contribution in [-0.2, 0) is 14.3 Å². The zero-order valence-corrected chi connectivity index (χ0v) is 16.9. The normalized spacial score (nSPS) is 14.0. The molecule has 0 bridgehead atoms. The van der Waals surface area contributed by atoms with Crippen LogP contribution in [0, 0.1) is 27.7 Å². The van der Waals surface area contributed by atoms with Crippen LogP contribution in [0.15, 0.2) is 11.6 Å². The number of hydrogen-bond acceptors (Lipinski definition) is 6. The molecule has 146 valence electrons. The standard InChI is InChI=1S/C19H19N3O5S/c1-8-6-12(7-13-15(23)20-19(26)21-16(13)24)10(3)22(8)17-14(18(25)27-5)9(2)11(4)28-17/h6-7H,1-5H3,(H2,20,21,23,24,26). The molecule has 2 N–H and O–H groups in total. The van der Waals surface area contributed by atoms with Gasteiger partial charge >= 0.3 is 12.0 Å². The van der Waals surface area contributed by atoms with E-state index in [0.29, 0.717) is 16.1 Å². The zero-order valence-electron chi connectivity index (χ0n) is 16.1. The van der Waals surface area contributed by atoms with Crippen LogP contribution in [-0.4, -0.2) is 35.5 Å². The van der Waals surface area contributed by atoms with Crippen LogP contribution in [0.5, 0.6) is 0 Å². The largest absolute Gasteiger partial charge is 0.465 e. The van der Waals surface area contributed by atoms with Crippen molar-refractivity contribution in [2.24, 2.45) is 0 Å². The Hall–Kier alpha value is -3.20. The van der Waals surface area contributed by atoms with Crippen LogP contribution in [0.3, 0.4) is 0 Å². The van der Waals surface area contributed by atoms with E-state index < -0.39 is 23.8 Å². The van der Waals surface area contributed by atoms with Crippen LogP contribution in [0.25, 0.3) is 11.1 Å². The molecule has 1 aliphatic rings. The number of rotatable bonds is 3. The second-order valence-electron chi connectivity index (χ2n) is 6.41. The van der Waals surface area contributed by atoms with E-state index in [9.17, 15) is 19.2 Å². The first-order valence-electron chi connectivity index (χ1n) is 8.41. The first kappa shape index (κ1) is 19.6. The Morgan fingerprint density at radius 1 is 1.11 bits per heavy atom. The number of nitrogens with one attached hydrogen (secondary N) is 2. The quantitative estimate of drug-likeness (QED) is 0.466. The molecule has 0 spiro atoms. The van der Waals surface area contributed by atoms with E-state index in [2.05, 4.69) is 10.6 Å². The number of aromatic nitrogens is 1. The highest BCUT2D eigenvalue weighted by Crippen LogP contribution is 2.35. The lowest BCUT2D eigenvalue weighted by Gasteiger charge is -2.14. The Labute approximate surface area is 165 Å². The Morgan fingerprint density at radius 3 is 2.29 bits per heavy atom. The minimum atomic E-state index is -0.843. The Kier molecular flexibility index (Phi) is 4.95. The summed E-state index contributed by atoms with van der Waals surface area (Å²) in [5.74, 6) is -1.93. The predicted molar refractivity (Wildman–Crippen MR) is 104 cm³/mol. The summed E-state index contributed by atoms with van der Waals surface area (Å²) >= 11 is 1.47. The Morgan fingerprint density at radius 2 is 1.71 bits per heavy atom. The van der Waals surface area contributed by atoms with Gasteiger partial charge in [0, 0.05) is 16.3 Å². The summed E-state index contributed by atoms with van der Waals surface area (Å²) in [4.78, 5) is 48.5. The number of urea groups is 1. The molecule has 0 atom stereocenters. The van der Waals surface area contributed by atoms with Gasteiger partial charge < -0.3 is 9.30 Å². The van der Waals surface area contributed by atoms with Crippen molar-refractivity contribution in [1.82, 2.24) is 15.2 Å². The summed E-state index contributed by atoms with van der Waals surface area (Å²) in [5.41, 5.74) is 3.38. The summed E-state index contributed by atoms with van der Waals surface area (Å²) in [5, 5.41) is 4.82. The molecule has 2 aromatic heterocycles. The molecule has 0 radical (unpaired) electrons. The van der Waals surface area contributed by atoms with Gasteiger partial charge in [-0.1, -0.05) is 0 Å². The van der Waals surface area contributed by atoms with Gasteiger partial charge in [-0.3, -0.25) is 20.2 Å². The van der Waals surface area contributed by atoms with Crippen molar-refractivity contribution in [2.45, 2.75) is 27.7 Å². The average molecular weight is 401 g/mol. The van der Waals surface area contributed by atoms with E-state index in [4.69, 9.17) is 4.74 Å². The number of thiophene rings is 1. The highest BCUT2D eigenvalue weighted by molar-refractivity contribution is 7.15. The van der Waals surface area contributed by atoms with E-state index >= 15 is 0 Å². The summed E-state index contributed by atoms with van der Waals surface area (Å²) in [7, 11) is 1.34. The lowest BCUT2D eigenvalue weighted by molar-refractivity contribution is -0.123. The number of nitrogens with zero attached hydrogens (tertiary/aromatic N) is 1. The van der Waals surface area contributed by atoms with E-state index in [1.54, 1.807) is 0 Å². The van der Waals surface area contributed by atoms with Crippen molar-refractivity contribution in [3.63, 3.8) is 0 Å². The molecule has 9 heteroatoms. The zero-order chi connectivity index (χ0) is 20.7. The minimum absolute atomic E-state index is 0.161. The van der Waals surface area contributed by atoms with Gasteiger partial charge in [0.25, 0.3) is 11.8 Å². The molecule has 1 saturated heterocycles. The number of ether oxygens (including phenoxy) is 1. The highest BCUT2D eigenvalue weighted by Gasteiger charge is 2.29. The van der Waals surface area contributed by atoms with Crippen molar-refractivity contribution >= 4 is 41.2 Å². The number of hydrogen-bond donors (Lipinski definition) is 2. The van der Waals surface area contributed by atoms with Crippen LogP contribution >= 0.6 is 11.3 Å². The summed E-state index contributed by atoms with van der Waals surface area (Å²) in [6.45, 7) is 7.49. The van der Waals surface area contributed by atoms with Crippen LogP contribution in [0.1, 0.15) is 37.7 Å². The lowest BCUT2D eigenvalue weighted by atomic mass is 10.1. The van der Waals surface area contributed by atoms with E-state index in [0.717, 1.165) is 21.8 Å². The molecule has 3 rings (SSSR count). The maximum atomic E-state index is 12.3. The van der Waals surface area contributed by atoms with Gasteiger partial charge in [-0.25, -0.2) is 9.59 Å². The molecule has 1 aliphatic heterocycles. The third-order valence-electron chi connectivity index (χ3n) is 4.67. The third kappa shape index (κ3) is 3.13. The molecule has 0 unspecified atom stereocenters. The molecule has 0 aromatic carbocycles. The van der Waals surface area contributed by atoms with E-state index in [1.807, 2.05) is 38.3 Å². The van der Waals surface area contributed by atoms with Crippen molar-refractivity contribution in [3.05, 3.63) is 44.6 Å². The maximum absolute atomic E-state index is 12.3. The SMILES string of the molecule is COC(=O)c1c(-n2c(C)cc(C=C3C(=O)NC(=O)NC3=O)c2C)sc(C)c1C. The minimum Gasteiger partial charge on any atom is -0.465 e. The number of carbonyl (C=O) groups is 4. The van der Waals surface area contributed by atoms with Gasteiger partial charge in [0.1, 0.15) is 10.6 Å². The number of amides is 4. The molecule has 28 heavy (non-hydrogen) atoms. The highest BCUT2D eigenvalue weighted by atomic mass is 32.1. The van der Waals surface area contributed by atoms with Gasteiger partial charge in [-0.2, -0.15) is 0 Å². The monoisotopic (exact) mass is 401 g/mol. The van der Waals surface area contributed by atoms with Crippen LogP contribution in [0.2, 0.25) is 0 Å². The van der Waals surface area contributed by atoms with Gasteiger partial charge in [0.05, 0.1) is 12.7 Å². The molecule has 3 heterocycles. The van der Waals surface area contributed by atoms with E-state index in [1.165, 1.54) is 24.5 Å². The van der Waals surface area contributed by atoms with Crippen LogP contribution in [0.4, 0.5) is 4.79 Å². The summed E-state index contributed by atoms with van der Waals surface area (Å²) in [6, 6.07) is 0.968. The second kappa shape index (κ2) is 7.08. The van der Waals surface area contributed by atoms with Crippen molar-refractivity contribution in [3.8, 4) is 5.00 Å². The molecular weight excluding hydrogens is 382 g/mol. The Bertz CT molecular complexity index is 1050. The first-order valence-corrected chi connectivity index (χ1v) is 9.23. The number of methoxy groups -OCH3 is 1. The summed E-state index contributed by atoms with van der Waals surface area (Å²) < 4.78 is 6.84. The molecule has 2 aromatic rings. The maximum Gasteiger partial charge on any atom is 0.341 e. The lowest BCUT2D eigenvalue weighted by Crippen LogP contribution is -2.51. The smallest absolute Gasteiger partial charge is 0.341 e. The molecule has 0 aliphatic carbocycles. The fraction of sp³-hybridized carbons (Fsp3) is 0.263. The topological polar surface area (TPSA) is 106 Å². The van der Waals surface area contributed by atoms with Crippen molar-refractivity contribution in [2.75, 3.05) is 7.11 Å². The second-order valence-corrected chi connectivity index (χ2v) is 7.62. The summed E-state index contributed by atoms with van der Waals surface area (Å²) in [6.07, 6.45) is 1.43. The molecule has 4 amide bonds. The van der Waals surface area contributed by atoms with Gasteiger partial charge in [-0.05, 0) is 51.0 Å². The number of aryl methyl sites for hydroxylation is 2. The average Bonchev–Trinajstić information content (AvgIpc) is 3.06. The number of carbonyl (C=O) groups excluding carboxylic acids is 4. The van der Waals surface area contributed by atoms with Gasteiger partial charge in [-0.15, -0.1) is 11.3 Å². The Balaban J connectivity index is 2.15. The van der Waals surface area contributed by atoms with Crippen LogP contribution < -0.4 is 10.6 Å².